The minimum atomic E-state index is -0.818. The van der Waals surface area contributed by atoms with Gasteiger partial charge >= 0.3 is 5.97 Å². The maximum absolute atomic E-state index is 13.3. The van der Waals surface area contributed by atoms with Crippen LogP contribution in [0.2, 0.25) is 0 Å². The van der Waals surface area contributed by atoms with Crippen molar-refractivity contribution in [2.45, 2.75) is 39.0 Å². The van der Waals surface area contributed by atoms with Crippen molar-refractivity contribution in [2.24, 2.45) is 5.41 Å². The number of amides is 1. The Morgan fingerprint density at radius 1 is 1.19 bits per heavy atom. The van der Waals surface area contributed by atoms with Crippen LogP contribution in [0.15, 0.2) is 48.5 Å². The van der Waals surface area contributed by atoms with E-state index in [0.717, 1.165) is 28.8 Å². The van der Waals surface area contributed by atoms with Crippen molar-refractivity contribution in [2.75, 3.05) is 19.7 Å². The lowest BCUT2D eigenvalue weighted by Crippen LogP contribution is -2.51. The van der Waals surface area contributed by atoms with E-state index in [1.165, 1.54) is 12.1 Å². The van der Waals surface area contributed by atoms with Crippen molar-refractivity contribution in [3.63, 3.8) is 0 Å². The molecule has 1 fully saturated rings. The van der Waals surface area contributed by atoms with E-state index in [-0.39, 0.29) is 24.3 Å². The molecule has 32 heavy (non-hydrogen) atoms. The van der Waals surface area contributed by atoms with Gasteiger partial charge in [-0.1, -0.05) is 24.3 Å². The maximum Gasteiger partial charge on any atom is 0.314 e. The first kappa shape index (κ1) is 22.0. The number of hydrogen-bond donors (Lipinski definition) is 1. The number of esters is 1. The predicted octanol–water partition coefficient (Wildman–Crippen LogP) is 4.05. The molecule has 1 N–H and O–H groups in total. The normalized spacial score (nSPS) is 18.6. The number of imidazole rings is 1. The van der Waals surface area contributed by atoms with Gasteiger partial charge in [0.05, 0.1) is 23.1 Å². The standard InChI is InChI=1S/C25H28FN3O3/c1-2-32-24(31)25(16-18-8-10-19(26)11-9-18)14-5-15-29(17-25)23(30)13-12-22-27-20-6-3-4-7-21(20)28-22/h3-4,6-11H,2,5,12-17H2,1H3,(H,27,28). The fraction of sp³-hybridized carbons (Fsp3) is 0.400. The van der Waals surface area contributed by atoms with Gasteiger partial charge in [-0.2, -0.15) is 0 Å². The zero-order valence-corrected chi connectivity index (χ0v) is 18.3. The molecule has 1 atom stereocenters. The number of benzene rings is 2. The van der Waals surface area contributed by atoms with E-state index in [0.29, 0.717) is 38.8 Å². The minimum absolute atomic E-state index is 0.00191. The van der Waals surface area contributed by atoms with Gasteiger partial charge < -0.3 is 14.6 Å². The molecule has 0 spiro atoms. The topological polar surface area (TPSA) is 75.3 Å². The van der Waals surface area contributed by atoms with E-state index >= 15 is 0 Å². The first-order valence-electron chi connectivity index (χ1n) is 11.1. The highest BCUT2D eigenvalue weighted by molar-refractivity contribution is 5.81. The summed E-state index contributed by atoms with van der Waals surface area (Å²) in [5, 5.41) is 0. The fourth-order valence-electron chi connectivity index (χ4n) is 4.51. The zero-order valence-electron chi connectivity index (χ0n) is 18.3. The third kappa shape index (κ3) is 4.82. The highest BCUT2D eigenvalue weighted by Crippen LogP contribution is 2.36. The molecular weight excluding hydrogens is 409 g/mol. The van der Waals surface area contributed by atoms with Crippen LogP contribution in [0.5, 0.6) is 0 Å². The summed E-state index contributed by atoms with van der Waals surface area (Å²) in [7, 11) is 0. The van der Waals surface area contributed by atoms with Crippen LogP contribution < -0.4 is 0 Å². The van der Waals surface area contributed by atoms with Crippen molar-refractivity contribution in [1.29, 1.82) is 0 Å². The van der Waals surface area contributed by atoms with Gasteiger partial charge in [0.1, 0.15) is 11.6 Å². The van der Waals surface area contributed by atoms with E-state index in [1.54, 1.807) is 24.0 Å². The molecule has 0 radical (unpaired) electrons. The van der Waals surface area contributed by atoms with Crippen molar-refractivity contribution < 1.29 is 18.7 Å². The average Bonchev–Trinajstić information content (AvgIpc) is 3.22. The number of nitrogens with zero attached hydrogens (tertiary/aromatic N) is 2. The number of rotatable bonds is 7. The lowest BCUT2D eigenvalue weighted by Gasteiger charge is -2.41. The molecule has 1 unspecified atom stereocenters. The third-order valence-electron chi connectivity index (χ3n) is 6.11. The number of nitrogens with one attached hydrogen (secondary N) is 1. The summed E-state index contributed by atoms with van der Waals surface area (Å²) in [6.07, 6.45) is 2.59. The molecule has 1 aliphatic rings. The molecule has 3 aromatic rings. The first-order chi connectivity index (χ1) is 15.5. The highest BCUT2D eigenvalue weighted by Gasteiger charge is 2.44. The fourth-order valence-corrected chi connectivity index (χ4v) is 4.51. The Morgan fingerprint density at radius 3 is 2.72 bits per heavy atom. The summed E-state index contributed by atoms with van der Waals surface area (Å²) in [6.45, 7) is 2.98. The summed E-state index contributed by atoms with van der Waals surface area (Å²) in [5.41, 5.74) is 1.87. The highest BCUT2D eigenvalue weighted by atomic mass is 19.1. The number of aryl methyl sites for hydroxylation is 1. The van der Waals surface area contributed by atoms with Gasteiger partial charge in [0.25, 0.3) is 0 Å². The monoisotopic (exact) mass is 437 g/mol. The SMILES string of the molecule is CCOC(=O)C1(Cc2ccc(F)cc2)CCCN(C(=O)CCc2nc3ccccc3[nH]2)C1. The van der Waals surface area contributed by atoms with Gasteiger partial charge in [-0.15, -0.1) is 0 Å². The van der Waals surface area contributed by atoms with Gasteiger partial charge in [-0.05, 0) is 56.0 Å². The van der Waals surface area contributed by atoms with E-state index in [4.69, 9.17) is 4.74 Å². The van der Waals surface area contributed by atoms with Crippen molar-refractivity contribution in [3.05, 3.63) is 65.7 Å². The number of carbonyl (C=O) groups is 2. The second-order valence-electron chi connectivity index (χ2n) is 8.42. The Bertz CT molecular complexity index is 1060. The quantitative estimate of drug-likeness (QED) is 0.566. The van der Waals surface area contributed by atoms with E-state index < -0.39 is 5.41 Å². The summed E-state index contributed by atoms with van der Waals surface area (Å²) < 4.78 is 18.8. The number of ether oxygens (including phenoxy) is 1. The molecule has 1 amide bonds. The molecule has 0 bridgehead atoms. The number of H-pyrrole nitrogens is 1. The van der Waals surface area contributed by atoms with Gasteiger partial charge in [0.15, 0.2) is 0 Å². The van der Waals surface area contributed by atoms with Crippen molar-refractivity contribution in [3.8, 4) is 0 Å². The predicted molar refractivity (Wildman–Crippen MR) is 119 cm³/mol. The molecular formula is C25H28FN3O3. The van der Waals surface area contributed by atoms with Crippen molar-refractivity contribution in [1.82, 2.24) is 14.9 Å². The molecule has 168 valence electrons. The van der Waals surface area contributed by atoms with Crippen molar-refractivity contribution >= 4 is 22.9 Å². The summed E-state index contributed by atoms with van der Waals surface area (Å²) in [4.78, 5) is 35.6. The average molecular weight is 438 g/mol. The van der Waals surface area contributed by atoms with E-state index in [9.17, 15) is 14.0 Å². The summed E-state index contributed by atoms with van der Waals surface area (Å²) >= 11 is 0. The van der Waals surface area contributed by atoms with Crippen LogP contribution in [0.3, 0.4) is 0 Å². The lowest BCUT2D eigenvalue weighted by atomic mass is 9.75. The number of hydrogen-bond acceptors (Lipinski definition) is 4. The minimum Gasteiger partial charge on any atom is -0.466 e. The molecule has 1 saturated heterocycles. The van der Waals surface area contributed by atoms with Crippen LogP contribution in [-0.4, -0.2) is 46.4 Å². The number of fused-ring (bicyclic) bond motifs is 1. The number of aromatic nitrogens is 2. The Kier molecular flexibility index (Phi) is 6.53. The second-order valence-corrected chi connectivity index (χ2v) is 8.42. The zero-order chi connectivity index (χ0) is 22.6. The summed E-state index contributed by atoms with van der Waals surface area (Å²) in [6, 6.07) is 13.9. The molecule has 2 heterocycles. The molecule has 4 rings (SSSR count). The smallest absolute Gasteiger partial charge is 0.314 e. The Labute approximate surface area is 186 Å². The Hall–Kier alpha value is -3.22. The number of likely N-dealkylation sites (tertiary alicyclic amines) is 1. The van der Waals surface area contributed by atoms with Crippen LogP contribution in [0.4, 0.5) is 4.39 Å². The maximum atomic E-state index is 13.3. The van der Waals surface area contributed by atoms with Crippen LogP contribution in [0.1, 0.15) is 37.6 Å². The van der Waals surface area contributed by atoms with Gasteiger partial charge in [-0.25, -0.2) is 9.37 Å². The van der Waals surface area contributed by atoms with Gasteiger partial charge in [0, 0.05) is 25.9 Å². The van der Waals surface area contributed by atoms with E-state index in [1.807, 2.05) is 24.3 Å². The molecule has 1 aromatic heterocycles. The third-order valence-corrected chi connectivity index (χ3v) is 6.11. The first-order valence-corrected chi connectivity index (χ1v) is 11.1. The van der Waals surface area contributed by atoms with Crippen LogP contribution >= 0.6 is 0 Å². The van der Waals surface area contributed by atoms with Gasteiger partial charge in [0.2, 0.25) is 5.91 Å². The van der Waals surface area contributed by atoms with Crippen LogP contribution in [0.25, 0.3) is 11.0 Å². The molecule has 0 aliphatic carbocycles. The number of para-hydroxylation sites is 2. The Morgan fingerprint density at radius 2 is 1.97 bits per heavy atom. The lowest BCUT2D eigenvalue weighted by molar-refractivity contribution is -0.160. The number of carbonyl (C=O) groups excluding carboxylic acids is 2. The van der Waals surface area contributed by atoms with Crippen LogP contribution in [0, 0.1) is 11.2 Å². The van der Waals surface area contributed by atoms with E-state index in [2.05, 4.69) is 9.97 Å². The van der Waals surface area contributed by atoms with Crippen LogP contribution in [-0.2, 0) is 27.2 Å². The van der Waals surface area contributed by atoms with Gasteiger partial charge in [-0.3, -0.25) is 9.59 Å². The number of piperidine rings is 1. The molecule has 0 saturated carbocycles. The Balaban J connectivity index is 1.46. The molecule has 1 aliphatic heterocycles. The largest absolute Gasteiger partial charge is 0.466 e. The number of halogens is 1. The number of aromatic amines is 1. The molecule has 7 heteroatoms. The second kappa shape index (κ2) is 9.51. The molecule has 2 aromatic carbocycles. The summed E-state index contributed by atoms with van der Waals surface area (Å²) in [5.74, 6) is 0.168. The molecule has 6 nitrogen and oxygen atoms in total.